The zero-order valence-corrected chi connectivity index (χ0v) is 7.31. The molecule has 0 bridgehead atoms. The van der Waals surface area contributed by atoms with Gasteiger partial charge in [0.1, 0.15) is 5.15 Å². The second kappa shape index (κ2) is 3.06. The quantitative estimate of drug-likeness (QED) is 0.704. The Morgan fingerprint density at radius 2 is 2.23 bits per heavy atom. The molecule has 0 saturated carbocycles. The van der Waals surface area contributed by atoms with Crippen LogP contribution in [0.25, 0.3) is 5.69 Å². The van der Waals surface area contributed by atoms with Crippen LogP contribution in [-0.2, 0) is 0 Å². The molecule has 0 aliphatic carbocycles. The van der Waals surface area contributed by atoms with Crippen molar-refractivity contribution >= 4 is 11.6 Å². The zero-order chi connectivity index (χ0) is 9.26. The SMILES string of the molecule is Oc1ccn(-c2ccnc(Cl)c2)n1. The average molecular weight is 196 g/mol. The molecule has 2 aromatic rings. The Kier molecular flexibility index (Phi) is 1.90. The molecule has 2 heterocycles. The minimum atomic E-state index is -0.0204. The normalized spacial score (nSPS) is 10.2. The first-order valence-electron chi connectivity index (χ1n) is 3.62. The first-order chi connectivity index (χ1) is 6.25. The van der Waals surface area contributed by atoms with Crippen LogP contribution in [0.5, 0.6) is 5.88 Å². The number of pyridine rings is 1. The largest absolute Gasteiger partial charge is 0.492 e. The highest BCUT2D eigenvalue weighted by Crippen LogP contribution is 2.13. The summed E-state index contributed by atoms with van der Waals surface area (Å²) in [5.74, 6) is -0.0204. The lowest BCUT2D eigenvalue weighted by atomic mass is 10.4. The van der Waals surface area contributed by atoms with Crippen molar-refractivity contribution in [2.75, 3.05) is 0 Å². The predicted octanol–water partition coefficient (Wildman–Crippen LogP) is 1.63. The molecule has 0 aliphatic rings. The summed E-state index contributed by atoms with van der Waals surface area (Å²) in [5, 5.41) is 13.2. The Balaban J connectivity index is 2.46. The molecule has 0 aliphatic heterocycles. The van der Waals surface area contributed by atoms with E-state index < -0.39 is 0 Å². The van der Waals surface area contributed by atoms with Gasteiger partial charge in [0.25, 0.3) is 0 Å². The third kappa shape index (κ3) is 1.62. The summed E-state index contributed by atoms with van der Waals surface area (Å²) in [6.07, 6.45) is 3.22. The highest BCUT2D eigenvalue weighted by molar-refractivity contribution is 6.29. The van der Waals surface area contributed by atoms with Gasteiger partial charge in [-0.05, 0) is 6.07 Å². The predicted molar refractivity (Wildman–Crippen MR) is 48.0 cm³/mol. The van der Waals surface area contributed by atoms with Crippen molar-refractivity contribution in [2.24, 2.45) is 0 Å². The molecule has 0 radical (unpaired) electrons. The second-order valence-corrected chi connectivity index (χ2v) is 2.84. The average Bonchev–Trinajstić information content (AvgIpc) is 2.52. The standard InChI is InChI=1S/C8H6ClN3O/c9-7-5-6(1-3-10-7)12-4-2-8(13)11-12/h1-5H,(H,11,13). The zero-order valence-electron chi connectivity index (χ0n) is 6.55. The molecule has 0 amide bonds. The Bertz CT molecular complexity index is 427. The van der Waals surface area contributed by atoms with Gasteiger partial charge in [0.15, 0.2) is 0 Å². The van der Waals surface area contributed by atoms with E-state index in [0.29, 0.717) is 5.15 Å². The number of hydrogen-bond acceptors (Lipinski definition) is 3. The van der Waals surface area contributed by atoms with Crippen LogP contribution in [0.15, 0.2) is 30.6 Å². The van der Waals surface area contributed by atoms with E-state index in [1.54, 1.807) is 24.5 Å². The van der Waals surface area contributed by atoms with Crippen molar-refractivity contribution in [3.8, 4) is 11.6 Å². The highest BCUT2D eigenvalue weighted by Gasteiger charge is 1.99. The van der Waals surface area contributed by atoms with Gasteiger partial charge in [-0.25, -0.2) is 9.67 Å². The minimum absolute atomic E-state index is 0.0204. The smallest absolute Gasteiger partial charge is 0.230 e. The van der Waals surface area contributed by atoms with Crippen molar-refractivity contribution < 1.29 is 5.11 Å². The topological polar surface area (TPSA) is 50.9 Å². The second-order valence-electron chi connectivity index (χ2n) is 2.46. The fourth-order valence-electron chi connectivity index (χ4n) is 0.993. The first kappa shape index (κ1) is 8.07. The highest BCUT2D eigenvalue weighted by atomic mass is 35.5. The molecule has 0 spiro atoms. The van der Waals surface area contributed by atoms with Crippen molar-refractivity contribution in [2.45, 2.75) is 0 Å². The number of aromatic hydroxyl groups is 1. The first-order valence-corrected chi connectivity index (χ1v) is 4.00. The lowest BCUT2D eigenvalue weighted by Crippen LogP contribution is -1.94. The van der Waals surface area contributed by atoms with E-state index in [4.69, 9.17) is 16.7 Å². The summed E-state index contributed by atoms with van der Waals surface area (Å²) in [4.78, 5) is 3.83. The molecule has 13 heavy (non-hydrogen) atoms. The number of hydrogen-bond donors (Lipinski definition) is 1. The Hall–Kier alpha value is -1.55. The van der Waals surface area contributed by atoms with Gasteiger partial charge >= 0.3 is 0 Å². The molecule has 0 saturated heterocycles. The van der Waals surface area contributed by atoms with E-state index in [2.05, 4.69) is 10.1 Å². The maximum Gasteiger partial charge on any atom is 0.230 e. The van der Waals surface area contributed by atoms with Gasteiger partial charge in [0, 0.05) is 24.5 Å². The summed E-state index contributed by atoms with van der Waals surface area (Å²) in [6.45, 7) is 0. The number of halogens is 1. The summed E-state index contributed by atoms with van der Waals surface area (Å²) >= 11 is 5.69. The van der Waals surface area contributed by atoms with Crippen molar-refractivity contribution in [3.63, 3.8) is 0 Å². The maximum absolute atomic E-state index is 9.00. The van der Waals surface area contributed by atoms with Gasteiger partial charge in [-0.3, -0.25) is 0 Å². The van der Waals surface area contributed by atoms with E-state index in [0.717, 1.165) is 5.69 Å². The minimum Gasteiger partial charge on any atom is -0.492 e. The van der Waals surface area contributed by atoms with Crippen LogP contribution in [0.1, 0.15) is 0 Å². The van der Waals surface area contributed by atoms with E-state index >= 15 is 0 Å². The lowest BCUT2D eigenvalue weighted by molar-refractivity contribution is 0.448. The Morgan fingerprint density at radius 1 is 1.38 bits per heavy atom. The third-order valence-electron chi connectivity index (χ3n) is 1.55. The number of rotatable bonds is 1. The van der Waals surface area contributed by atoms with Crippen LogP contribution in [0, 0.1) is 0 Å². The van der Waals surface area contributed by atoms with Gasteiger partial charge in [0.05, 0.1) is 5.69 Å². The molecule has 1 N–H and O–H groups in total. The van der Waals surface area contributed by atoms with Crippen LogP contribution in [-0.4, -0.2) is 19.9 Å². The van der Waals surface area contributed by atoms with Crippen LogP contribution >= 0.6 is 11.6 Å². The van der Waals surface area contributed by atoms with E-state index in [-0.39, 0.29) is 5.88 Å². The summed E-state index contributed by atoms with van der Waals surface area (Å²) in [5.41, 5.74) is 0.764. The van der Waals surface area contributed by atoms with Crippen LogP contribution in [0.3, 0.4) is 0 Å². The molecule has 0 atom stereocenters. The van der Waals surface area contributed by atoms with Crippen LogP contribution in [0.2, 0.25) is 5.15 Å². The van der Waals surface area contributed by atoms with Crippen LogP contribution in [0.4, 0.5) is 0 Å². The van der Waals surface area contributed by atoms with E-state index in [1.807, 2.05) is 0 Å². The Labute approximate surface area is 79.4 Å². The molecule has 66 valence electrons. The van der Waals surface area contributed by atoms with Crippen molar-refractivity contribution in [1.29, 1.82) is 0 Å². The number of aromatic nitrogens is 3. The van der Waals surface area contributed by atoms with Gasteiger partial charge in [-0.15, -0.1) is 5.10 Å². The molecule has 5 heteroatoms. The van der Waals surface area contributed by atoms with E-state index in [1.165, 1.54) is 10.7 Å². The fourth-order valence-corrected chi connectivity index (χ4v) is 1.16. The Morgan fingerprint density at radius 3 is 2.85 bits per heavy atom. The fraction of sp³-hybridized carbons (Fsp3) is 0. The van der Waals surface area contributed by atoms with Gasteiger partial charge < -0.3 is 5.11 Å². The molecular weight excluding hydrogens is 190 g/mol. The van der Waals surface area contributed by atoms with Gasteiger partial charge in [-0.1, -0.05) is 11.6 Å². The van der Waals surface area contributed by atoms with Crippen molar-refractivity contribution in [1.82, 2.24) is 14.8 Å². The molecule has 0 aromatic carbocycles. The van der Waals surface area contributed by atoms with E-state index in [9.17, 15) is 0 Å². The maximum atomic E-state index is 9.00. The third-order valence-corrected chi connectivity index (χ3v) is 1.76. The summed E-state index contributed by atoms with van der Waals surface area (Å²) < 4.78 is 1.52. The van der Waals surface area contributed by atoms with Gasteiger partial charge in [0.2, 0.25) is 5.88 Å². The monoisotopic (exact) mass is 195 g/mol. The molecule has 2 rings (SSSR count). The molecular formula is C8H6ClN3O. The molecule has 0 unspecified atom stereocenters. The van der Waals surface area contributed by atoms with Gasteiger partial charge in [-0.2, -0.15) is 0 Å². The van der Waals surface area contributed by atoms with Crippen molar-refractivity contribution in [3.05, 3.63) is 35.7 Å². The van der Waals surface area contributed by atoms with Crippen LogP contribution < -0.4 is 0 Å². The molecule has 4 nitrogen and oxygen atoms in total. The summed E-state index contributed by atoms with van der Waals surface area (Å²) in [6, 6.07) is 4.90. The molecule has 2 aromatic heterocycles. The molecule has 0 fully saturated rings. The lowest BCUT2D eigenvalue weighted by Gasteiger charge is -1.99. The number of nitrogens with zero attached hydrogens (tertiary/aromatic N) is 3. The summed E-state index contributed by atoms with van der Waals surface area (Å²) in [7, 11) is 0.